The van der Waals surface area contributed by atoms with Crippen molar-refractivity contribution >= 4 is 22.1 Å². The second-order valence-corrected chi connectivity index (χ2v) is 10.3. The molecule has 0 atom stereocenters. The quantitative estimate of drug-likeness (QED) is 0.230. The number of hydrogen-bond donors (Lipinski definition) is 1. The zero-order valence-corrected chi connectivity index (χ0v) is 23.0. The van der Waals surface area contributed by atoms with Gasteiger partial charge in [-0.1, -0.05) is 42.5 Å². The van der Waals surface area contributed by atoms with E-state index in [9.17, 15) is 9.90 Å². The van der Waals surface area contributed by atoms with Crippen LogP contribution in [0.15, 0.2) is 80.4 Å². The zero-order chi connectivity index (χ0) is 28.2. The van der Waals surface area contributed by atoms with Gasteiger partial charge in [0.1, 0.15) is 22.4 Å². The summed E-state index contributed by atoms with van der Waals surface area (Å²) in [7, 11) is 2.15. The number of fused-ring (bicyclic) bond motifs is 2. The van der Waals surface area contributed by atoms with Gasteiger partial charge in [0.05, 0.1) is 6.61 Å². The molecule has 0 saturated carbocycles. The van der Waals surface area contributed by atoms with Crippen LogP contribution in [0.25, 0.3) is 33.4 Å². The molecule has 212 valence electrons. The van der Waals surface area contributed by atoms with E-state index in [1.165, 1.54) is 12.1 Å². The Morgan fingerprint density at radius 3 is 2.51 bits per heavy atom. The van der Waals surface area contributed by atoms with Crippen molar-refractivity contribution < 1.29 is 23.4 Å². The SMILES string of the molecule is CN1CCN(CCCCOc2c(OCc3nc4ccccc4o3)cc(O)c3c(=O)cc(-c4ccccc4)oc23)CC1. The Balaban J connectivity index is 1.28. The van der Waals surface area contributed by atoms with Gasteiger partial charge in [0.25, 0.3) is 0 Å². The molecule has 3 heterocycles. The summed E-state index contributed by atoms with van der Waals surface area (Å²) in [5.41, 5.74) is 1.89. The Hall–Kier alpha value is -4.34. The molecule has 2 aromatic heterocycles. The van der Waals surface area contributed by atoms with Crippen LogP contribution in [0.2, 0.25) is 0 Å². The van der Waals surface area contributed by atoms with E-state index in [1.807, 2.05) is 54.6 Å². The van der Waals surface area contributed by atoms with Crippen LogP contribution in [0.1, 0.15) is 18.7 Å². The lowest BCUT2D eigenvalue weighted by atomic mass is 10.1. The summed E-state index contributed by atoms with van der Waals surface area (Å²) in [6.07, 6.45) is 1.78. The van der Waals surface area contributed by atoms with Gasteiger partial charge in [-0.3, -0.25) is 4.79 Å². The van der Waals surface area contributed by atoms with Crippen LogP contribution in [0.3, 0.4) is 0 Å². The molecule has 0 unspecified atom stereocenters. The number of phenolic OH excluding ortho intramolecular Hbond substituents is 1. The van der Waals surface area contributed by atoms with Gasteiger partial charge in [-0.05, 0) is 38.6 Å². The number of ether oxygens (including phenoxy) is 2. The number of aromatic nitrogens is 1. The number of phenols is 1. The van der Waals surface area contributed by atoms with Gasteiger partial charge in [-0.15, -0.1) is 0 Å². The van der Waals surface area contributed by atoms with Crippen LogP contribution >= 0.6 is 0 Å². The summed E-state index contributed by atoms with van der Waals surface area (Å²) < 4.78 is 24.4. The maximum atomic E-state index is 13.2. The fourth-order valence-corrected chi connectivity index (χ4v) is 5.06. The van der Waals surface area contributed by atoms with Gasteiger partial charge in [-0.25, -0.2) is 4.98 Å². The maximum Gasteiger partial charge on any atom is 0.233 e. The van der Waals surface area contributed by atoms with E-state index < -0.39 is 0 Å². The van der Waals surface area contributed by atoms with Crippen molar-refractivity contribution in [1.29, 1.82) is 0 Å². The van der Waals surface area contributed by atoms with Crippen molar-refractivity contribution in [2.24, 2.45) is 0 Å². The molecule has 0 amide bonds. The Morgan fingerprint density at radius 2 is 1.71 bits per heavy atom. The van der Waals surface area contributed by atoms with E-state index in [0.717, 1.165) is 56.6 Å². The van der Waals surface area contributed by atoms with Crippen molar-refractivity contribution in [2.75, 3.05) is 46.4 Å². The molecule has 0 radical (unpaired) electrons. The number of likely N-dealkylation sites (N-methyl/N-ethyl adjacent to an activating group) is 1. The van der Waals surface area contributed by atoms with Crippen molar-refractivity contribution in [2.45, 2.75) is 19.4 Å². The lowest BCUT2D eigenvalue weighted by Gasteiger charge is -2.32. The predicted molar refractivity (Wildman–Crippen MR) is 157 cm³/mol. The first kappa shape index (κ1) is 26.9. The standard InChI is InChI=1S/C32H33N3O6/c1-34-14-16-35(17-15-34)13-7-8-18-38-31-28(39-21-29-33-23-11-5-6-12-26(23)40-29)20-25(37)30-24(36)19-27(41-32(30)31)22-9-3-2-4-10-22/h2-6,9-12,19-20,37H,7-8,13-18,21H2,1H3. The lowest BCUT2D eigenvalue weighted by molar-refractivity contribution is 0.149. The molecule has 41 heavy (non-hydrogen) atoms. The van der Waals surface area contributed by atoms with E-state index >= 15 is 0 Å². The molecule has 1 aliphatic rings. The normalized spacial score (nSPS) is 14.6. The molecule has 9 heteroatoms. The minimum Gasteiger partial charge on any atom is -0.507 e. The fraction of sp³-hybridized carbons (Fsp3) is 0.312. The minimum atomic E-state index is -0.368. The Kier molecular flexibility index (Phi) is 7.89. The second kappa shape index (κ2) is 12.0. The third kappa shape index (κ3) is 6.06. The highest BCUT2D eigenvalue weighted by atomic mass is 16.5. The third-order valence-electron chi connectivity index (χ3n) is 7.36. The number of oxazole rings is 1. The first-order valence-electron chi connectivity index (χ1n) is 14.0. The number of nitrogens with zero attached hydrogens (tertiary/aromatic N) is 3. The summed E-state index contributed by atoms with van der Waals surface area (Å²) in [4.78, 5) is 22.4. The van der Waals surface area contributed by atoms with E-state index in [0.29, 0.717) is 23.8 Å². The molecule has 1 fully saturated rings. The average Bonchev–Trinajstić information content (AvgIpc) is 3.41. The van der Waals surface area contributed by atoms with Gasteiger partial charge < -0.3 is 33.2 Å². The highest BCUT2D eigenvalue weighted by molar-refractivity contribution is 5.91. The molecule has 0 spiro atoms. The van der Waals surface area contributed by atoms with Crippen molar-refractivity contribution in [3.8, 4) is 28.6 Å². The van der Waals surface area contributed by atoms with Gasteiger partial charge in [0, 0.05) is 43.9 Å². The van der Waals surface area contributed by atoms with Gasteiger partial charge in [-0.2, -0.15) is 0 Å². The monoisotopic (exact) mass is 555 g/mol. The number of para-hydroxylation sites is 2. The summed E-state index contributed by atoms with van der Waals surface area (Å²) in [6.45, 7) is 5.71. The molecule has 6 rings (SSSR count). The first-order valence-corrected chi connectivity index (χ1v) is 14.0. The molecule has 1 N–H and O–H groups in total. The Morgan fingerprint density at radius 1 is 0.927 bits per heavy atom. The molecule has 0 aliphatic carbocycles. The van der Waals surface area contributed by atoms with Crippen LogP contribution in [0, 0.1) is 0 Å². The molecule has 5 aromatic rings. The predicted octanol–water partition coefficient (Wildman–Crippen LogP) is 5.29. The Labute approximate surface area is 237 Å². The third-order valence-corrected chi connectivity index (χ3v) is 7.36. The van der Waals surface area contributed by atoms with Crippen LogP contribution in [-0.4, -0.2) is 66.3 Å². The van der Waals surface area contributed by atoms with E-state index in [-0.39, 0.29) is 40.3 Å². The fourth-order valence-electron chi connectivity index (χ4n) is 5.06. The van der Waals surface area contributed by atoms with Crippen LogP contribution in [0.5, 0.6) is 17.2 Å². The van der Waals surface area contributed by atoms with Crippen LogP contribution in [-0.2, 0) is 6.61 Å². The summed E-state index contributed by atoms with van der Waals surface area (Å²) in [5, 5.41) is 10.9. The number of unbranched alkanes of at least 4 members (excludes halogenated alkanes) is 1. The van der Waals surface area contributed by atoms with Crippen LogP contribution < -0.4 is 14.9 Å². The Bertz CT molecular complexity index is 1660. The summed E-state index contributed by atoms with van der Waals surface area (Å²) in [6, 6.07) is 19.6. The highest BCUT2D eigenvalue weighted by Crippen LogP contribution is 2.42. The highest BCUT2D eigenvalue weighted by Gasteiger charge is 2.22. The number of rotatable bonds is 10. The summed E-state index contributed by atoms with van der Waals surface area (Å²) in [5.74, 6) is 1.01. The smallest absolute Gasteiger partial charge is 0.233 e. The topological polar surface area (TPSA) is 101 Å². The van der Waals surface area contributed by atoms with Crippen molar-refractivity contribution in [3.63, 3.8) is 0 Å². The molecule has 3 aromatic carbocycles. The largest absolute Gasteiger partial charge is 0.507 e. The van der Waals surface area contributed by atoms with E-state index in [4.69, 9.17) is 18.3 Å². The lowest BCUT2D eigenvalue weighted by Crippen LogP contribution is -2.44. The number of piperazine rings is 1. The van der Waals surface area contributed by atoms with Gasteiger partial charge in [0.15, 0.2) is 29.0 Å². The molecular weight excluding hydrogens is 522 g/mol. The van der Waals surface area contributed by atoms with Crippen molar-refractivity contribution in [3.05, 3.63) is 82.8 Å². The molecule has 1 aliphatic heterocycles. The minimum absolute atomic E-state index is 0.00199. The van der Waals surface area contributed by atoms with Crippen molar-refractivity contribution in [1.82, 2.24) is 14.8 Å². The molecule has 0 bridgehead atoms. The van der Waals surface area contributed by atoms with E-state index in [1.54, 1.807) is 0 Å². The first-order chi connectivity index (χ1) is 20.0. The molecule has 9 nitrogen and oxygen atoms in total. The van der Waals surface area contributed by atoms with Gasteiger partial charge >= 0.3 is 0 Å². The molecule has 1 saturated heterocycles. The zero-order valence-electron chi connectivity index (χ0n) is 23.0. The maximum absolute atomic E-state index is 13.2. The van der Waals surface area contributed by atoms with E-state index in [2.05, 4.69) is 21.8 Å². The second-order valence-electron chi connectivity index (χ2n) is 10.3. The number of aromatic hydroxyl groups is 1. The number of benzene rings is 3. The summed E-state index contributed by atoms with van der Waals surface area (Å²) >= 11 is 0. The van der Waals surface area contributed by atoms with Gasteiger partial charge in [0.2, 0.25) is 11.6 Å². The average molecular weight is 556 g/mol. The number of hydrogen-bond acceptors (Lipinski definition) is 9. The molecular formula is C32H33N3O6. The van der Waals surface area contributed by atoms with Crippen LogP contribution in [0.4, 0.5) is 0 Å².